The molecule has 0 aromatic heterocycles. The van der Waals surface area contributed by atoms with Gasteiger partial charge in [-0.2, -0.15) is 5.26 Å². The number of carbonyl (C=O) groups is 2. The van der Waals surface area contributed by atoms with Gasteiger partial charge in [0.2, 0.25) is 11.8 Å². The highest BCUT2D eigenvalue weighted by Crippen LogP contribution is 2.57. The number of carbonyl (C=O) groups excluding carboxylic acids is 2. The van der Waals surface area contributed by atoms with Gasteiger partial charge in [-0.1, -0.05) is 32.0 Å². The largest absolute Gasteiger partial charge is 0.444 e. The average molecular weight is 363 g/mol. The van der Waals surface area contributed by atoms with Crippen LogP contribution in [-0.2, 0) is 19.7 Å². The fraction of sp³-hybridized carbons (Fsp3) is 0.381. The predicted molar refractivity (Wildman–Crippen MR) is 99.1 cm³/mol. The lowest BCUT2D eigenvalue weighted by atomic mass is 9.62. The average Bonchev–Trinajstić information content (AvgIpc) is 2.83. The highest BCUT2D eigenvalue weighted by atomic mass is 16.5. The monoisotopic (exact) mass is 363 g/mol. The van der Waals surface area contributed by atoms with E-state index in [1.165, 1.54) is 0 Å². The lowest BCUT2D eigenvalue weighted by Crippen LogP contribution is -2.50. The molecule has 2 N–H and O–H groups in total. The third-order valence-corrected chi connectivity index (χ3v) is 5.66. The summed E-state index contributed by atoms with van der Waals surface area (Å²) in [5, 5.41) is 9.90. The summed E-state index contributed by atoms with van der Waals surface area (Å²) >= 11 is 0. The summed E-state index contributed by atoms with van der Waals surface area (Å²) in [5.41, 5.74) is 5.92. The number of allylic oxidation sites excluding steroid dienone is 1. The van der Waals surface area contributed by atoms with Crippen LogP contribution in [0.1, 0.15) is 39.2 Å². The van der Waals surface area contributed by atoms with Crippen LogP contribution in [0.25, 0.3) is 0 Å². The highest BCUT2D eigenvalue weighted by Gasteiger charge is 2.62. The van der Waals surface area contributed by atoms with Crippen LogP contribution in [-0.4, -0.2) is 18.2 Å². The van der Waals surface area contributed by atoms with Crippen LogP contribution >= 0.6 is 0 Å². The second kappa shape index (κ2) is 5.46. The smallest absolute Gasteiger partial charge is 0.247 e. The van der Waals surface area contributed by atoms with E-state index in [2.05, 4.69) is 6.07 Å². The lowest BCUT2D eigenvalue weighted by Gasteiger charge is -2.41. The van der Waals surface area contributed by atoms with Gasteiger partial charge in [0.25, 0.3) is 0 Å². The Bertz CT molecular complexity index is 996. The normalized spacial score (nSPS) is 26.1. The summed E-state index contributed by atoms with van der Waals surface area (Å²) in [4.78, 5) is 28.5. The van der Waals surface area contributed by atoms with E-state index in [0.717, 1.165) is 0 Å². The van der Waals surface area contributed by atoms with E-state index >= 15 is 0 Å². The Morgan fingerprint density at radius 1 is 1.26 bits per heavy atom. The molecule has 0 saturated heterocycles. The van der Waals surface area contributed by atoms with Gasteiger partial charge in [-0.3, -0.25) is 9.59 Å². The third-order valence-electron chi connectivity index (χ3n) is 5.66. The van der Waals surface area contributed by atoms with Gasteiger partial charge in [0.05, 0.1) is 5.57 Å². The van der Waals surface area contributed by atoms with E-state index in [1.54, 1.807) is 11.0 Å². The second-order valence-electron chi connectivity index (χ2n) is 8.01. The first-order chi connectivity index (χ1) is 12.8. The van der Waals surface area contributed by atoms with E-state index < -0.39 is 5.41 Å². The van der Waals surface area contributed by atoms with Crippen LogP contribution in [0.3, 0.4) is 0 Å². The SMILES string of the molecule is CCN1C(=O)[C@@]2(C(C#N)=C(N)OC3=C2C(=O)CC(C)(C)C3)c2ccccc21. The van der Waals surface area contributed by atoms with Gasteiger partial charge in [0.1, 0.15) is 22.8 Å². The number of ketones is 1. The minimum Gasteiger partial charge on any atom is -0.444 e. The molecule has 6 heteroatoms. The third kappa shape index (κ3) is 2.05. The molecule has 27 heavy (non-hydrogen) atoms. The number of para-hydroxylation sites is 1. The van der Waals surface area contributed by atoms with Gasteiger partial charge < -0.3 is 15.4 Å². The van der Waals surface area contributed by atoms with Crippen LogP contribution < -0.4 is 10.6 Å². The molecule has 2 aliphatic heterocycles. The fourth-order valence-corrected chi connectivity index (χ4v) is 4.65. The van der Waals surface area contributed by atoms with Crippen molar-refractivity contribution in [3.8, 4) is 6.07 Å². The molecule has 0 bridgehead atoms. The molecule has 1 aromatic rings. The number of hydrogen-bond donors (Lipinski definition) is 1. The van der Waals surface area contributed by atoms with Crippen LogP contribution in [0.15, 0.2) is 47.1 Å². The molecule has 1 aliphatic carbocycles. The Hall–Kier alpha value is -3.07. The molecule has 2 heterocycles. The summed E-state index contributed by atoms with van der Waals surface area (Å²) in [7, 11) is 0. The van der Waals surface area contributed by atoms with Crippen molar-refractivity contribution in [2.24, 2.45) is 11.1 Å². The molecule has 1 spiro atoms. The number of benzene rings is 1. The Morgan fingerprint density at radius 2 is 1.96 bits per heavy atom. The highest BCUT2D eigenvalue weighted by molar-refractivity contribution is 6.20. The van der Waals surface area contributed by atoms with E-state index in [9.17, 15) is 14.9 Å². The molecule has 4 rings (SSSR count). The molecular formula is C21H21N3O3. The van der Waals surface area contributed by atoms with Crippen LogP contribution in [0, 0.1) is 16.7 Å². The van der Waals surface area contributed by atoms with Crippen LogP contribution in [0.5, 0.6) is 0 Å². The quantitative estimate of drug-likeness (QED) is 0.827. The van der Waals surface area contributed by atoms with Crippen molar-refractivity contribution in [1.82, 2.24) is 0 Å². The molecule has 0 saturated carbocycles. The van der Waals surface area contributed by atoms with Gasteiger partial charge in [0.15, 0.2) is 5.78 Å². The number of rotatable bonds is 1. The van der Waals surface area contributed by atoms with E-state index in [-0.39, 0.29) is 40.6 Å². The van der Waals surface area contributed by atoms with Crippen molar-refractivity contribution in [3.63, 3.8) is 0 Å². The van der Waals surface area contributed by atoms with Gasteiger partial charge >= 0.3 is 0 Å². The molecule has 6 nitrogen and oxygen atoms in total. The molecule has 0 fully saturated rings. The zero-order chi connectivity index (χ0) is 19.6. The molecule has 3 aliphatic rings. The van der Waals surface area contributed by atoms with Crippen molar-refractivity contribution >= 4 is 17.4 Å². The van der Waals surface area contributed by atoms with E-state index in [1.807, 2.05) is 39.0 Å². The number of nitrogens with two attached hydrogens (primary N) is 1. The minimum absolute atomic E-state index is 0.00251. The summed E-state index contributed by atoms with van der Waals surface area (Å²) < 4.78 is 5.74. The molecule has 1 amide bonds. The fourth-order valence-electron chi connectivity index (χ4n) is 4.65. The van der Waals surface area contributed by atoms with Gasteiger partial charge in [-0.15, -0.1) is 0 Å². The van der Waals surface area contributed by atoms with Crippen LogP contribution in [0.4, 0.5) is 5.69 Å². The number of hydrogen-bond acceptors (Lipinski definition) is 5. The Balaban J connectivity index is 2.11. The molecule has 0 radical (unpaired) electrons. The van der Waals surface area contributed by atoms with Gasteiger partial charge in [0, 0.05) is 30.6 Å². The van der Waals surface area contributed by atoms with Crippen molar-refractivity contribution in [2.45, 2.75) is 39.0 Å². The number of Topliss-reactive ketones (excluding diaryl/α,β-unsaturated/α-hetero) is 1. The Kier molecular flexibility index (Phi) is 3.51. The summed E-state index contributed by atoms with van der Waals surface area (Å²) in [6, 6.07) is 9.36. The van der Waals surface area contributed by atoms with Gasteiger partial charge in [-0.25, -0.2) is 0 Å². The zero-order valence-corrected chi connectivity index (χ0v) is 15.6. The van der Waals surface area contributed by atoms with Crippen molar-refractivity contribution < 1.29 is 14.3 Å². The molecule has 1 aromatic carbocycles. The van der Waals surface area contributed by atoms with Crippen LogP contribution in [0.2, 0.25) is 0 Å². The number of ether oxygens (including phenoxy) is 1. The summed E-state index contributed by atoms with van der Waals surface area (Å²) in [6.45, 7) is 6.26. The number of likely N-dealkylation sites (N-methyl/N-ethyl adjacent to an activating group) is 1. The maximum Gasteiger partial charge on any atom is 0.247 e. The van der Waals surface area contributed by atoms with E-state index in [0.29, 0.717) is 30.0 Å². The second-order valence-corrected chi connectivity index (χ2v) is 8.01. The first-order valence-corrected chi connectivity index (χ1v) is 9.04. The maximum atomic E-state index is 13.7. The first kappa shape index (κ1) is 17.3. The molecule has 138 valence electrons. The summed E-state index contributed by atoms with van der Waals surface area (Å²) in [6.07, 6.45) is 0.772. The molecular weight excluding hydrogens is 342 g/mol. The first-order valence-electron chi connectivity index (χ1n) is 9.04. The zero-order valence-electron chi connectivity index (χ0n) is 15.6. The predicted octanol–water partition coefficient (Wildman–Crippen LogP) is 2.66. The minimum atomic E-state index is -1.51. The number of nitriles is 1. The Morgan fingerprint density at radius 3 is 2.63 bits per heavy atom. The van der Waals surface area contributed by atoms with Crippen molar-refractivity contribution in [1.29, 1.82) is 5.26 Å². The Labute approximate surface area is 157 Å². The number of anilines is 1. The summed E-state index contributed by atoms with van der Waals surface area (Å²) in [5.74, 6) is -0.158. The molecule has 1 atom stereocenters. The van der Waals surface area contributed by atoms with Gasteiger partial charge in [-0.05, 0) is 18.4 Å². The number of nitrogens with zero attached hydrogens (tertiary/aromatic N) is 2. The standard InChI is InChI=1S/C21H21N3O3/c1-4-24-14-8-6-5-7-12(14)21(19(24)26)13(11-22)18(23)27-16-10-20(2,3)9-15(25)17(16)21/h5-8H,4,9-10,23H2,1-3H3/t21-/m1/s1. The number of fused-ring (bicyclic) bond motifs is 3. The van der Waals surface area contributed by atoms with Crippen molar-refractivity contribution in [3.05, 3.63) is 52.6 Å². The van der Waals surface area contributed by atoms with E-state index in [4.69, 9.17) is 10.5 Å². The molecule has 0 unspecified atom stereocenters. The number of amides is 1. The lowest BCUT2D eigenvalue weighted by molar-refractivity contribution is -0.125. The maximum absolute atomic E-state index is 13.7. The van der Waals surface area contributed by atoms with Crippen molar-refractivity contribution in [2.75, 3.05) is 11.4 Å². The topological polar surface area (TPSA) is 96.4 Å².